The average molecular weight is 690 g/mol. The number of phenols is 1. The zero-order chi connectivity index (χ0) is 34.2. The Morgan fingerprint density at radius 1 is 1.19 bits per heavy atom. The molecule has 1 saturated carbocycles. The van der Waals surface area contributed by atoms with Crippen molar-refractivity contribution in [3.8, 4) is 11.8 Å². The van der Waals surface area contributed by atoms with Gasteiger partial charge in [-0.25, -0.2) is 9.78 Å². The minimum atomic E-state index is -0.576. The maximum atomic E-state index is 13.8. The predicted octanol–water partition coefficient (Wildman–Crippen LogP) is 7.01. The summed E-state index contributed by atoms with van der Waals surface area (Å²) in [5.74, 6) is -0.499. The van der Waals surface area contributed by atoms with Gasteiger partial charge in [0.25, 0.3) is 0 Å². The van der Waals surface area contributed by atoms with Gasteiger partial charge < -0.3 is 19.3 Å². The smallest absolute Gasteiger partial charge is 0.337 e. The van der Waals surface area contributed by atoms with Crippen LogP contribution in [0.1, 0.15) is 77.7 Å². The van der Waals surface area contributed by atoms with E-state index in [0.717, 1.165) is 30.6 Å². The van der Waals surface area contributed by atoms with Gasteiger partial charge in [-0.1, -0.05) is 36.2 Å². The summed E-state index contributed by atoms with van der Waals surface area (Å²) in [5.41, 5.74) is 3.16. The zero-order valence-corrected chi connectivity index (χ0v) is 28.8. The van der Waals surface area contributed by atoms with Crippen LogP contribution < -0.4 is 4.90 Å². The number of pyridine rings is 1. The topological polar surface area (TPSA) is 125 Å². The van der Waals surface area contributed by atoms with E-state index in [1.807, 2.05) is 6.07 Å². The van der Waals surface area contributed by atoms with Gasteiger partial charge in [-0.15, -0.1) is 0 Å². The molecule has 3 heterocycles. The number of carbonyl (C=O) groups is 2. The van der Waals surface area contributed by atoms with Crippen LogP contribution in [-0.2, 0) is 17.8 Å². The quantitative estimate of drug-likeness (QED) is 0.131. The number of benzene rings is 2. The number of aromatic hydroxyl groups is 1. The van der Waals surface area contributed by atoms with Crippen LogP contribution in [0.3, 0.4) is 0 Å². The third kappa shape index (κ3) is 6.59. The second kappa shape index (κ2) is 13.7. The number of piperazine rings is 1. The number of Topliss-reactive ketones (excluding diaryl/α,β-unsaturated/α-hetero) is 1. The largest absolute Gasteiger partial charge is 0.507 e. The van der Waals surface area contributed by atoms with Gasteiger partial charge in [0, 0.05) is 50.3 Å². The van der Waals surface area contributed by atoms with Crippen molar-refractivity contribution in [2.75, 3.05) is 31.6 Å². The molecule has 2 fully saturated rings. The number of rotatable bonds is 11. The number of phenolic OH excluding ortho intramolecular Hbond substituents is 1. The first-order valence-electron chi connectivity index (χ1n) is 16.2. The molecule has 12 heteroatoms. The van der Waals surface area contributed by atoms with Gasteiger partial charge in [-0.05, 0) is 62.6 Å². The van der Waals surface area contributed by atoms with Crippen molar-refractivity contribution < 1.29 is 19.4 Å². The summed E-state index contributed by atoms with van der Waals surface area (Å²) in [6, 6.07) is 14.5. The number of imidazole rings is 1. The molecule has 2 unspecified atom stereocenters. The fourth-order valence-corrected chi connectivity index (χ4v) is 7.13. The summed E-state index contributed by atoms with van der Waals surface area (Å²) in [5, 5.41) is 21.4. The molecular formula is C36H38Cl2N6O4. The van der Waals surface area contributed by atoms with E-state index >= 15 is 0 Å². The first-order chi connectivity index (χ1) is 23.1. The van der Waals surface area contributed by atoms with E-state index in [1.165, 1.54) is 13.3 Å². The predicted molar refractivity (Wildman–Crippen MR) is 185 cm³/mol. The van der Waals surface area contributed by atoms with Crippen molar-refractivity contribution in [2.45, 2.75) is 64.6 Å². The zero-order valence-electron chi connectivity index (χ0n) is 27.2. The first-order valence-corrected chi connectivity index (χ1v) is 16.9. The number of methoxy groups -OCH3 is 1. The summed E-state index contributed by atoms with van der Waals surface area (Å²) >= 11 is 12.7. The van der Waals surface area contributed by atoms with Crippen molar-refractivity contribution in [2.24, 2.45) is 5.41 Å². The van der Waals surface area contributed by atoms with Gasteiger partial charge in [0.05, 0.1) is 63.7 Å². The maximum Gasteiger partial charge on any atom is 0.337 e. The van der Waals surface area contributed by atoms with Crippen LogP contribution in [-0.4, -0.2) is 69.1 Å². The Kier molecular flexibility index (Phi) is 9.66. The monoisotopic (exact) mass is 688 g/mol. The molecule has 1 aliphatic heterocycles. The van der Waals surface area contributed by atoms with Crippen molar-refractivity contribution in [1.29, 1.82) is 5.26 Å². The van der Waals surface area contributed by atoms with Gasteiger partial charge in [-0.3, -0.25) is 14.7 Å². The van der Waals surface area contributed by atoms with Crippen molar-refractivity contribution in [3.05, 3.63) is 81.4 Å². The molecular weight excluding hydrogens is 651 g/mol. The number of nitriles is 1. The Labute approximate surface area is 289 Å². The Morgan fingerprint density at radius 2 is 1.98 bits per heavy atom. The number of hydrogen-bond acceptors (Lipinski definition) is 9. The fourth-order valence-electron chi connectivity index (χ4n) is 6.76. The Bertz CT molecular complexity index is 1900. The Morgan fingerprint density at radius 3 is 2.65 bits per heavy atom. The van der Waals surface area contributed by atoms with E-state index in [2.05, 4.69) is 32.3 Å². The van der Waals surface area contributed by atoms with E-state index in [0.29, 0.717) is 71.7 Å². The molecule has 0 radical (unpaired) electrons. The second-order valence-corrected chi connectivity index (χ2v) is 13.7. The molecule has 48 heavy (non-hydrogen) atoms. The highest BCUT2D eigenvalue weighted by molar-refractivity contribution is 6.35. The van der Waals surface area contributed by atoms with Crippen LogP contribution in [0.4, 0.5) is 5.69 Å². The summed E-state index contributed by atoms with van der Waals surface area (Å²) in [6.07, 6.45) is 4.72. The summed E-state index contributed by atoms with van der Waals surface area (Å²) < 4.78 is 7.11. The third-order valence-corrected chi connectivity index (χ3v) is 10.3. The number of aromatic nitrogens is 3. The number of nitrogens with zero attached hydrogens (tertiary/aromatic N) is 6. The molecule has 2 atom stereocenters. The van der Waals surface area contributed by atoms with Gasteiger partial charge in [-0.2, -0.15) is 5.26 Å². The molecule has 4 aromatic rings. The van der Waals surface area contributed by atoms with Gasteiger partial charge in [0.2, 0.25) is 0 Å². The van der Waals surface area contributed by atoms with Crippen LogP contribution >= 0.6 is 23.2 Å². The van der Waals surface area contributed by atoms with Crippen molar-refractivity contribution in [1.82, 2.24) is 19.4 Å². The summed E-state index contributed by atoms with van der Waals surface area (Å²) in [4.78, 5) is 40.2. The Balaban J connectivity index is 1.28. The lowest BCUT2D eigenvalue weighted by Gasteiger charge is -2.42. The van der Waals surface area contributed by atoms with E-state index < -0.39 is 11.9 Å². The van der Waals surface area contributed by atoms with Crippen LogP contribution in [0.2, 0.25) is 10.0 Å². The highest BCUT2D eigenvalue weighted by Gasteiger charge is 2.44. The summed E-state index contributed by atoms with van der Waals surface area (Å²) in [7, 11) is 1.34. The van der Waals surface area contributed by atoms with Crippen LogP contribution in [0.15, 0.2) is 48.7 Å². The molecule has 0 amide bonds. The number of carbonyl (C=O) groups excluding carboxylic acids is 2. The van der Waals surface area contributed by atoms with Crippen LogP contribution in [0, 0.1) is 16.7 Å². The summed E-state index contributed by atoms with van der Waals surface area (Å²) in [6.45, 7) is 7.02. The van der Waals surface area contributed by atoms with E-state index in [-0.39, 0.29) is 28.6 Å². The van der Waals surface area contributed by atoms with E-state index in [1.54, 1.807) is 43.3 Å². The molecule has 6 rings (SSSR count). The SMILES string of the molecule is CCC1CN(c2cccc(O)c2C(=O)C(C)c2ccc(Cl)cn2)CCN1Cc1nc2c(Cl)cc(C(=O)OC)cc2n1CC1(CC#N)CC1. The Hall–Kier alpha value is -4.17. The molecule has 2 aliphatic rings. The van der Waals surface area contributed by atoms with Gasteiger partial charge in [0.1, 0.15) is 17.1 Å². The highest BCUT2D eigenvalue weighted by atomic mass is 35.5. The number of ketones is 1. The number of hydrogen-bond donors (Lipinski definition) is 1. The average Bonchev–Trinajstić information content (AvgIpc) is 3.77. The molecule has 2 aromatic carbocycles. The normalized spacial score (nSPS) is 18.0. The fraction of sp³-hybridized carbons (Fsp3) is 0.417. The molecule has 2 aromatic heterocycles. The number of halogens is 2. The minimum absolute atomic E-state index is 0.0583. The molecule has 10 nitrogen and oxygen atoms in total. The number of anilines is 1. The standard InChI is InChI=1S/C36H38Cl2N6O4/c1-4-25-19-43(28-6-5-7-30(45)32(28)34(46)22(2)27-9-8-24(37)18-40-27)15-14-42(25)20-31-41-33-26(38)16-23(35(47)48-3)17-29(33)44(31)21-36(10-11-36)12-13-39/h5-9,16-18,22,25,45H,4,10-12,14-15,19-21H2,1-3H3. The van der Waals surface area contributed by atoms with Crippen molar-refractivity contribution >= 4 is 51.7 Å². The van der Waals surface area contributed by atoms with Crippen LogP contribution in [0.5, 0.6) is 5.75 Å². The molecule has 1 aliphatic carbocycles. The molecule has 0 spiro atoms. The third-order valence-electron chi connectivity index (χ3n) is 9.83. The second-order valence-electron chi connectivity index (χ2n) is 12.9. The highest BCUT2D eigenvalue weighted by Crippen LogP contribution is 2.51. The van der Waals surface area contributed by atoms with Gasteiger partial charge >= 0.3 is 5.97 Å². The van der Waals surface area contributed by atoms with Gasteiger partial charge in [0.15, 0.2) is 5.78 Å². The molecule has 250 valence electrons. The number of ether oxygens (including phenoxy) is 1. The lowest BCUT2D eigenvalue weighted by Crippen LogP contribution is -2.53. The maximum absolute atomic E-state index is 13.8. The lowest BCUT2D eigenvalue weighted by atomic mass is 9.93. The number of esters is 1. The van der Waals surface area contributed by atoms with Crippen molar-refractivity contribution in [3.63, 3.8) is 0 Å². The molecule has 0 bridgehead atoms. The molecule has 1 saturated heterocycles. The van der Waals surface area contributed by atoms with E-state index in [9.17, 15) is 20.0 Å². The molecule has 1 N–H and O–H groups in total. The van der Waals surface area contributed by atoms with E-state index in [4.69, 9.17) is 32.9 Å². The van der Waals surface area contributed by atoms with Crippen LogP contribution in [0.25, 0.3) is 11.0 Å². The lowest BCUT2D eigenvalue weighted by molar-refractivity contribution is 0.0600. The first kappa shape index (κ1) is 33.7. The minimum Gasteiger partial charge on any atom is -0.507 e. The number of fused-ring (bicyclic) bond motifs is 1.